The first-order valence-corrected chi connectivity index (χ1v) is 6.62. The van der Waals surface area contributed by atoms with Crippen molar-refractivity contribution >= 4 is 23.4 Å². The van der Waals surface area contributed by atoms with E-state index in [2.05, 4.69) is 25.1 Å². The van der Waals surface area contributed by atoms with Gasteiger partial charge in [0.05, 0.1) is 0 Å². The van der Waals surface area contributed by atoms with Gasteiger partial charge in [0.2, 0.25) is 0 Å². The normalized spacial score (nSPS) is 10.5. The van der Waals surface area contributed by atoms with Crippen LogP contribution in [-0.2, 0) is 6.54 Å². The van der Waals surface area contributed by atoms with Gasteiger partial charge >= 0.3 is 0 Å². The molecule has 0 spiro atoms. The maximum absolute atomic E-state index is 5.99. The Balaban J connectivity index is 2.35. The highest BCUT2D eigenvalue weighted by molar-refractivity contribution is 7.99. The molecule has 0 amide bonds. The quantitative estimate of drug-likeness (QED) is 0.896. The molecule has 2 aromatic carbocycles. The van der Waals surface area contributed by atoms with Crippen LogP contribution in [0.15, 0.2) is 52.3 Å². The molecule has 0 heterocycles. The van der Waals surface area contributed by atoms with Crippen LogP contribution in [0.5, 0.6) is 0 Å². The summed E-state index contributed by atoms with van der Waals surface area (Å²) < 4.78 is 0. The maximum atomic E-state index is 5.99. The zero-order valence-electron chi connectivity index (χ0n) is 9.61. The Hall–Kier alpha value is -0.960. The van der Waals surface area contributed by atoms with Crippen molar-refractivity contribution < 1.29 is 0 Å². The largest absolute Gasteiger partial charge is 0.326 e. The van der Waals surface area contributed by atoms with Gasteiger partial charge in [-0.25, -0.2) is 0 Å². The highest BCUT2D eigenvalue weighted by atomic mass is 35.5. The summed E-state index contributed by atoms with van der Waals surface area (Å²) in [7, 11) is 0. The molecule has 0 saturated heterocycles. The number of hydrogen-bond acceptors (Lipinski definition) is 2. The van der Waals surface area contributed by atoms with E-state index in [-0.39, 0.29) is 0 Å². The summed E-state index contributed by atoms with van der Waals surface area (Å²) in [5.74, 6) is 0. The van der Waals surface area contributed by atoms with E-state index in [9.17, 15) is 0 Å². The molecule has 0 fully saturated rings. The van der Waals surface area contributed by atoms with Gasteiger partial charge in [-0.05, 0) is 36.2 Å². The lowest BCUT2D eigenvalue weighted by molar-refractivity contribution is 1.01. The fourth-order valence-corrected chi connectivity index (χ4v) is 3.00. The lowest BCUT2D eigenvalue weighted by Gasteiger charge is -2.10. The number of rotatable bonds is 3. The van der Waals surface area contributed by atoms with E-state index in [4.69, 9.17) is 17.3 Å². The van der Waals surface area contributed by atoms with Gasteiger partial charge in [0.15, 0.2) is 0 Å². The van der Waals surface area contributed by atoms with Crippen LogP contribution in [0, 0.1) is 6.92 Å². The van der Waals surface area contributed by atoms with Crippen LogP contribution < -0.4 is 5.73 Å². The molecule has 0 unspecified atom stereocenters. The van der Waals surface area contributed by atoms with Gasteiger partial charge in [-0.15, -0.1) is 0 Å². The Kier molecular flexibility index (Phi) is 4.11. The third kappa shape index (κ3) is 3.03. The van der Waals surface area contributed by atoms with Crippen molar-refractivity contribution in [2.24, 2.45) is 5.73 Å². The first-order chi connectivity index (χ1) is 8.20. The molecular weight excluding hydrogens is 250 g/mol. The van der Waals surface area contributed by atoms with Gasteiger partial charge in [-0.1, -0.05) is 47.6 Å². The van der Waals surface area contributed by atoms with Gasteiger partial charge < -0.3 is 5.73 Å². The van der Waals surface area contributed by atoms with Crippen LogP contribution in [0.4, 0.5) is 0 Å². The molecule has 0 aromatic heterocycles. The summed E-state index contributed by atoms with van der Waals surface area (Å²) in [6.45, 7) is 2.66. The molecule has 2 N–H and O–H groups in total. The van der Waals surface area contributed by atoms with Gasteiger partial charge in [0, 0.05) is 21.4 Å². The summed E-state index contributed by atoms with van der Waals surface area (Å²) in [5.41, 5.74) is 8.19. The predicted octanol–water partition coefficient (Wildman–Crippen LogP) is 4.26. The number of hydrogen-bond donors (Lipinski definition) is 1. The fourth-order valence-electron chi connectivity index (χ4n) is 1.67. The van der Waals surface area contributed by atoms with Crippen molar-refractivity contribution in [3.63, 3.8) is 0 Å². The van der Waals surface area contributed by atoms with Gasteiger partial charge in [-0.3, -0.25) is 0 Å². The summed E-state index contributed by atoms with van der Waals surface area (Å²) in [6.07, 6.45) is 0. The predicted molar refractivity (Wildman–Crippen MR) is 74.6 cm³/mol. The molecular formula is C14H14ClNS. The Morgan fingerprint density at radius 2 is 1.94 bits per heavy atom. The van der Waals surface area contributed by atoms with Crippen molar-refractivity contribution in [2.45, 2.75) is 23.3 Å². The summed E-state index contributed by atoms with van der Waals surface area (Å²) in [6, 6.07) is 14.1. The van der Waals surface area contributed by atoms with Crippen molar-refractivity contribution in [3.05, 3.63) is 58.6 Å². The van der Waals surface area contributed by atoms with Crippen molar-refractivity contribution in [2.75, 3.05) is 0 Å². The van der Waals surface area contributed by atoms with Gasteiger partial charge in [0.25, 0.3) is 0 Å². The zero-order valence-corrected chi connectivity index (χ0v) is 11.2. The average Bonchev–Trinajstić information content (AvgIpc) is 2.32. The summed E-state index contributed by atoms with van der Waals surface area (Å²) >= 11 is 7.70. The van der Waals surface area contributed by atoms with Crippen molar-refractivity contribution in [3.8, 4) is 0 Å². The van der Waals surface area contributed by atoms with Crippen LogP contribution in [-0.4, -0.2) is 0 Å². The third-order valence-electron chi connectivity index (χ3n) is 2.53. The van der Waals surface area contributed by atoms with Crippen LogP contribution in [0.2, 0.25) is 5.02 Å². The van der Waals surface area contributed by atoms with E-state index in [0.29, 0.717) is 6.54 Å². The minimum atomic E-state index is 0.560. The van der Waals surface area contributed by atoms with Crippen molar-refractivity contribution in [1.82, 2.24) is 0 Å². The monoisotopic (exact) mass is 263 g/mol. The Morgan fingerprint density at radius 1 is 1.18 bits per heavy atom. The fraction of sp³-hybridized carbons (Fsp3) is 0.143. The Morgan fingerprint density at radius 3 is 2.65 bits per heavy atom. The van der Waals surface area contributed by atoms with Crippen LogP contribution in [0.1, 0.15) is 11.1 Å². The molecule has 1 nitrogen and oxygen atoms in total. The molecule has 0 aliphatic heterocycles. The number of aryl methyl sites for hydroxylation is 1. The van der Waals surface area contributed by atoms with Crippen LogP contribution >= 0.6 is 23.4 Å². The SMILES string of the molecule is Cc1cccc(CN)c1Sc1cccc(Cl)c1. The topological polar surface area (TPSA) is 26.0 Å². The van der Waals surface area contributed by atoms with Crippen molar-refractivity contribution in [1.29, 1.82) is 0 Å². The van der Waals surface area contributed by atoms with E-state index >= 15 is 0 Å². The number of halogens is 1. The molecule has 2 rings (SSSR count). The van der Waals surface area contributed by atoms with E-state index in [1.165, 1.54) is 16.0 Å². The number of benzene rings is 2. The lowest BCUT2D eigenvalue weighted by Crippen LogP contribution is -1.99. The molecule has 0 aliphatic carbocycles. The molecule has 0 radical (unpaired) electrons. The number of nitrogens with two attached hydrogens (primary N) is 1. The zero-order chi connectivity index (χ0) is 12.3. The van der Waals surface area contributed by atoms with E-state index in [0.717, 1.165) is 9.92 Å². The molecule has 0 bridgehead atoms. The maximum Gasteiger partial charge on any atom is 0.0417 e. The van der Waals surface area contributed by atoms with Gasteiger partial charge in [-0.2, -0.15) is 0 Å². The second-order valence-corrected chi connectivity index (χ2v) is 5.35. The molecule has 2 aromatic rings. The first kappa shape index (κ1) is 12.5. The molecule has 0 saturated carbocycles. The van der Waals surface area contributed by atoms with Gasteiger partial charge in [0.1, 0.15) is 0 Å². The van der Waals surface area contributed by atoms with E-state index < -0.39 is 0 Å². The minimum absolute atomic E-state index is 0.560. The molecule has 17 heavy (non-hydrogen) atoms. The smallest absolute Gasteiger partial charge is 0.0417 e. The van der Waals surface area contributed by atoms with E-state index in [1.807, 2.05) is 24.3 Å². The second-order valence-electron chi connectivity index (χ2n) is 3.83. The average molecular weight is 264 g/mol. The van der Waals surface area contributed by atoms with E-state index in [1.54, 1.807) is 11.8 Å². The Bertz CT molecular complexity index is 525. The molecule has 88 valence electrons. The molecule has 0 aliphatic rings. The van der Waals surface area contributed by atoms with Crippen LogP contribution in [0.3, 0.4) is 0 Å². The Labute approximate surface area is 111 Å². The lowest BCUT2D eigenvalue weighted by atomic mass is 10.1. The minimum Gasteiger partial charge on any atom is -0.326 e. The highest BCUT2D eigenvalue weighted by Crippen LogP contribution is 2.34. The second kappa shape index (κ2) is 5.58. The standard InChI is InChI=1S/C14H14ClNS/c1-10-4-2-5-11(9-16)14(10)17-13-7-3-6-12(15)8-13/h2-8H,9,16H2,1H3. The first-order valence-electron chi connectivity index (χ1n) is 5.42. The summed E-state index contributed by atoms with van der Waals surface area (Å²) in [5, 5.41) is 0.762. The summed E-state index contributed by atoms with van der Waals surface area (Å²) in [4.78, 5) is 2.37. The highest BCUT2D eigenvalue weighted by Gasteiger charge is 2.06. The third-order valence-corrected chi connectivity index (χ3v) is 4.04. The molecule has 0 atom stereocenters. The van der Waals surface area contributed by atoms with Crippen LogP contribution in [0.25, 0.3) is 0 Å². The molecule has 3 heteroatoms.